The van der Waals surface area contributed by atoms with Crippen molar-refractivity contribution in [3.05, 3.63) is 22.2 Å². The first-order valence-corrected chi connectivity index (χ1v) is 6.44. The summed E-state index contributed by atoms with van der Waals surface area (Å²) in [6.07, 6.45) is 1.96. The quantitative estimate of drug-likeness (QED) is 0.608. The van der Waals surface area contributed by atoms with E-state index in [0.717, 1.165) is 19.4 Å². The lowest BCUT2D eigenvalue weighted by molar-refractivity contribution is -0.383. The molecule has 0 bridgehead atoms. The van der Waals surface area contributed by atoms with Gasteiger partial charge >= 0.3 is 5.69 Å². The van der Waals surface area contributed by atoms with Gasteiger partial charge in [0.1, 0.15) is 0 Å². The summed E-state index contributed by atoms with van der Waals surface area (Å²) in [4.78, 5) is 12.3. The highest BCUT2D eigenvalue weighted by Crippen LogP contribution is 2.31. The highest BCUT2D eigenvalue weighted by Gasteiger charge is 2.22. The van der Waals surface area contributed by atoms with Gasteiger partial charge in [0.2, 0.25) is 5.52 Å². The molecule has 20 heavy (non-hydrogen) atoms. The van der Waals surface area contributed by atoms with E-state index >= 15 is 0 Å². The lowest BCUT2D eigenvalue weighted by atomic mass is 10.2. The molecule has 0 radical (unpaired) electrons. The van der Waals surface area contributed by atoms with E-state index < -0.39 is 4.92 Å². The van der Waals surface area contributed by atoms with Crippen molar-refractivity contribution in [1.29, 1.82) is 0 Å². The monoisotopic (exact) mass is 280 g/mol. The number of benzene rings is 1. The van der Waals surface area contributed by atoms with Gasteiger partial charge in [-0.3, -0.25) is 10.1 Å². The number of nitrogens with zero attached hydrogens (tertiary/aromatic N) is 4. The maximum Gasteiger partial charge on any atom is 0.300 e. The van der Waals surface area contributed by atoms with Crippen LogP contribution < -0.4 is 4.90 Å². The third kappa shape index (κ3) is 2.69. The normalized spacial score (nSPS) is 10.9. The molecule has 0 spiro atoms. The topological polar surface area (TPSA) is 106 Å². The summed E-state index contributed by atoms with van der Waals surface area (Å²) in [5, 5.41) is 27.5. The van der Waals surface area contributed by atoms with Crippen LogP contribution in [0.15, 0.2) is 16.8 Å². The molecule has 1 heterocycles. The van der Waals surface area contributed by atoms with Crippen molar-refractivity contribution >= 4 is 22.4 Å². The molecule has 0 aliphatic carbocycles. The average Bonchev–Trinajstić information content (AvgIpc) is 2.91. The maximum absolute atomic E-state index is 10.9. The molecule has 0 saturated carbocycles. The first-order valence-electron chi connectivity index (χ1n) is 6.44. The predicted octanol–water partition coefficient (Wildman–Crippen LogP) is 1.73. The van der Waals surface area contributed by atoms with Crippen LogP contribution in [0.5, 0.6) is 0 Å². The number of non-ortho nitro benzene ring substituents is 1. The lowest BCUT2D eigenvalue weighted by Gasteiger charge is -2.23. The Morgan fingerprint density at radius 1 is 1.35 bits per heavy atom. The van der Waals surface area contributed by atoms with E-state index in [0.29, 0.717) is 17.7 Å². The fourth-order valence-electron chi connectivity index (χ4n) is 2.07. The van der Waals surface area contributed by atoms with Gasteiger partial charge in [0.25, 0.3) is 0 Å². The van der Waals surface area contributed by atoms with Crippen LogP contribution >= 0.6 is 0 Å². The van der Waals surface area contributed by atoms with Gasteiger partial charge in [0.15, 0.2) is 5.52 Å². The molecule has 1 aromatic heterocycles. The Balaban J connectivity index is 2.45. The van der Waals surface area contributed by atoms with Crippen molar-refractivity contribution in [2.75, 3.05) is 24.6 Å². The second-order valence-corrected chi connectivity index (χ2v) is 4.39. The Morgan fingerprint density at radius 3 is 2.75 bits per heavy atom. The minimum Gasteiger partial charge on any atom is -0.395 e. The molecule has 108 valence electrons. The number of hydrogen-bond acceptors (Lipinski definition) is 7. The van der Waals surface area contributed by atoms with Gasteiger partial charge < -0.3 is 10.0 Å². The Labute approximate surface area is 115 Å². The second kappa shape index (κ2) is 6.29. The van der Waals surface area contributed by atoms with Crippen LogP contribution in [-0.4, -0.2) is 40.0 Å². The number of nitro benzene ring substituents is 1. The van der Waals surface area contributed by atoms with Crippen LogP contribution in [0, 0.1) is 10.1 Å². The van der Waals surface area contributed by atoms with E-state index in [1.807, 2.05) is 4.90 Å². The Kier molecular flexibility index (Phi) is 4.46. The van der Waals surface area contributed by atoms with E-state index in [1.165, 1.54) is 6.07 Å². The van der Waals surface area contributed by atoms with Gasteiger partial charge in [-0.25, -0.2) is 4.63 Å². The summed E-state index contributed by atoms with van der Waals surface area (Å²) < 4.78 is 4.64. The Bertz CT molecular complexity index is 598. The van der Waals surface area contributed by atoms with Crippen LogP contribution in [0.4, 0.5) is 11.4 Å². The van der Waals surface area contributed by atoms with Crippen LogP contribution in [0.25, 0.3) is 11.0 Å². The van der Waals surface area contributed by atoms with Crippen molar-refractivity contribution in [3.63, 3.8) is 0 Å². The average molecular weight is 280 g/mol. The van der Waals surface area contributed by atoms with Gasteiger partial charge in [-0.1, -0.05) is 13.3 Å². The highest BCUT2D eigenvalue weighted by atomic mass is 16.6. The molecule has 0 saturated heterocycles. The molecule has 0 fully saturated rings. The molecule has 8 heteroatoms. The van der Waals surface area contributed by atoms with E-state index in [1.54, 1.807) is 6.07 Å². The van der Waals surface area contributed by atoms with Gasteiger partial charge in [-0.05, 0) is 22.8 Å². The van der Waals surface area contributed by atoms with Crippen LogP contribution in [0.2, 0.25) is 0 Å². The summed E-state index contributed by atoms with van der Waals surface area (Å²) in [5.74, 6) is 0. The molecular formula is C12H16N4O4. The molecule has 1 N–H and O–H groups in total. The van der Waals surface area contributed by atoms with Gasteiger partial charge in [-0.15, -0.1) is 0 Å². The third-order valence-corrected chi connectivity index (χ3v) is 3.06. The number of fused-ring (bicyclic) bond motifs is 1. The molecule has 0 unspecified atom stereocenters. The molecule has 0 aliphatic heterocycles. The minimum absolute atomic E-state index is 0.00647. The highest BCUT2D eigenvalue weighted by molar-refractivity contribution is 5.93. The summed E-state index contributed by atoms with van der Waals surface area (Å²) in [6, 6.07) is 3.01. The van der Waals surface area contributed by atoms with Crippen molar-refractivity contribution in [2.45, 2.75) is 19.8 Å². The summed E-state index contributed by atoms with van der Waals surface area (Å²) in [6.45, 7) is 3.23. The number of unbranched alkanes of at least 4 members (excludes halogenated alkanes) is 1. The molecule has 0 amide bonds. The Hall–Kier alpha value is -2.22. The third-order valence-electron chi connectivity index (χ3n) is 3.06. The molecule has 0 aliphatic rings. The number of nitro groups is 1. The minimum atomic E-state index is -0.515. The van der Waals surface area contributed by atoms with Gasteiger partial charge in [0, 0.05) is 19.2 Å². The van der Waals surface area contributed by atoms with Crippen molar-refractivity contribution in [3.8, 4) is 0 Å². The number of aromatic nitrogens is 2. The van der Waals surface area contributed by atoms with E-state index in [9.17, 15) is 10.1 Å². The summed E-state index contributed by atoms with van der Waals surface area (Å²) >= 11 is 0. The maximum atomic E-state index is 10.9. The van der Waals surface area contributed by atoms with Crippen molar-refractivity contribution < 1.29 is 14.7 Å². The number of anilines is 1. The molecular weight excluding hydrogens is 264 g/mol. The Morgan fingerprint density at radius 2 is 2.10 bits per heavy atom. The van der Waals surface area contributed by atoms with Crippen molar-refractivity contribution in [1.82, 2.24) is 10.3 Å². The van der Waals surface area contributed by atoms with Gasteiger partial charge in [-0.2, -0.15) is 0 Å². The smallest absolute Gasteiger partial charge is 0.300 e. The predicted molar refractivity (Wildman–Crippen MR) is 72.7 cm³/mol. The zero-order chi connectivity index (χ0) is 14.5. The standard InChI is InChI=1S/C12H16N4O4/c1-2-3-6-15(7-8-17)9-4-5-10(16(18)19)12-11(9)13-20-14-12/h4-5,17H,2-3,6-8H2,1H3. The first-order chi connectivity index (χ1) is 9.69. The largest absolute Gasteiger partial charge is 0.395 e. The number of rotatable bonds is 7. The summed E-state index contributed by atoms with van der Waals surface area (Å²) in [7, 11) is 0. The fourth-order valence-corrected chi connectivity index (χ4v) is 2.07. The van der Waals surface area contributed by atoms with Crippen LogP contribution in [0.3, 0.4) is 0 Å². The number of aliphatic hydroxyl groups is 1. The van der Waals surface area contributed by atoms with E-state index in [4.69, 9.17) is 5.11 Å². The molecule has 1 aromatic carbocycles. The number of hydrogen-bond donors (Lipinski definition) is 1. The van der Waals surface area contributed by atoms with Crippen molar-refractivity contribution in [2.24, 2.45) is 0 Å². The van der Waals surface area contributed by atoms with E-state index in [2.05, 4.69) is 21.9 Å². The van der Waals surface area contributed by atoms with E-state index in [-0.39, 0.29) is 17.8 Å². The molecule has 0 atom stereocenters. The van der Waals surface area contributed by atoms with Gasteiger partial charge in [0.05, 0.1) is 17.2 Å². The lowest BCUT2D eigenvalue weighted by Crippen LogP contribution is -2.28. The zero-order valence-corrected chi connectivity index (χ0v) is 11.2. The fraction of sp³-hybridized carbons (Fsp3) is 0.500. The number of aliphatic hydroxyl groups excluding tert-OH is 1. The SMILES string of the molecule is CCCCN(CCO)c1ccc([N+](=O)[O-])c2nonc12. The van der Waals surface area contributed by atoms with Crippen LogP contribution in [-0.2, 0) is 0 Å². The van der Waals surface area contributed by atoms with Crippen LogP contribution in [0.1, 0.15) is 19.8 Å². The molecule has 2 rings (SSSR count). The summed E-state index contributed by atoms with van der Waals surface area (Å²) in [5.41, 5.74) is 1.04. The first kappa shape index (κ1) is 14.2. The zero-order valence-electron chi connectivity index (χ0n) is 11.2. The molecule has 8 nitrogen and oxygen atoms in total. The second-order valence-electron chi connectivity index (χ2n) is 4.39. The molecule has 2 aromatic rings.